The molecule has 0 unspecified atom stereocenters. The van der Waals surface area contributed by atoms with Crippen molar-refractivity contribution in [3.05, 3.63) is 0 Å². The molecule has 0 spiro atoms. The van der Waals surface area contributed by atoms with Crippen molar-refractivity contribution in [1.82, 2.24) is 0 Å². The maximum atomic E-state index is 10.1. The van der Waals surface area contributed by atoms with Crippen molar-refractivity contribution in [3.63, 3.8) is 0 Å². The largest absolute Gasteiger partial charge is 0.234 e. The predicted molar refractivity (Wildman–Crippen MR) is 39.5 cm³/mol. The fourth-order valence-corrected chi connectivity index (χ4v) is 1.06. The highest BCUT2D eigenvalue weighted by molar-refractivity contribution is 6.16. The molecule has 1 aliphatic rings. The van der Waals surface area contributed by atoms with Gasteiger partial charge < -0.3 is 0 Å². The second-order valence-electron chi connectivity index (χ2n) is 2.22. The summed E-state index contributed by atoms with van der Waals surface area (Å²) < 4.78 is 10.1. The van der Waals surface area contributed by atoms with Gasteiger partial charge in [-0.3, -0.25) is 0 Å². The summed E-state index contributed by atoms with van der Waals surface area (Å²) in [5.41, 5.74) is 0. The summed E-state index contributed by atoms with van der Waals surface area (Å²) in [7, 11) is 0. The van der Waals surface area contributed by atoms with Gasteiger partial charge in [-0.25, -0.2) is 4.39 Å². The minimum atomic E-state index is -0.778. The molecule has 0 heterocycles. The van der Waals surface area contributed by atoms with Gasteiger partial charge in [0.15, 0.2) is 6.13 Å². The van der Waals surface area contributed by atoms with E-state index in [1.165, 1.54) is 38.5 Å². The maximum absolute atomic E-state index is 10.1. The molecule has 0 aromatic carbocycles. The predicted octanol–water partition coefficient (Wildman–Crippen LogP) is 3.49. The van der Waals surface area contributed by atoms with E-state index in [0.717, 1.165) is 0 Å². The topological polar surface area (TPSA) is 0 Å². The Balaban J connectivity index is 0.000000187. The number of rotatable bonds is 0. The van der Waals surface area contributed by atoms with Crippen molar-refractivity contribution in [2.75, 3.05) is 6.13 Å². The Bertz CT molecular complexity index is 32.7. The molecule has 1 saturated carbocycles. The molecule has 0 aliphatic heterocycles. The van der Waals surface area contributed by atoms with Crippen molar-refractivity contribution < 1.29 is 4.39 Å². The summed E-state index contributed by atoms with van der Waals surface area (Å²) in [6.07, 6.45) is 8.22. The van der Waals surface area contributed by atoms with Gasteiger partial charge in [0.25, 0.3) is 0 Å². The molecule has 1 fully saturated rings. The third-order valence-electron chi connectivity index (χ3n) is 1.50. The van der Waals surface area contributed by atoms with Gasteiger partial charge in [-0.1, -0.05) is 50.1 Å². The number of alkyl halides is 2. The van der Waals surface area contributed by atoms with Gasteiger partial charge in [0, 0.05) is 0 Å². The van der Waals surface area contributed by atoms with Gasteiger partial charge in [-0.15, -0.1) is 0 Å². The van der Waals surface area contributed by atoms with Crippen LogP contribution in [0.2, 0.25) is 0 Å². The van der Waals surface area contributed by atoms with Crippen molar-refractivity contribution >= 4 is 11.6 Å². The zero-order valence-electron chi connectivity index (χ0n) is 5.71. The minimum absolute atomic E-state index is 0.778. The number of hydrogen-bond acceptors (Lipinski definition) is 0. The van der Waals surface area contributed by atoms with Gasteiger partial charge >= 0.3 is 0 Å². The fourth-order valence-electron chi connectivity index (χ4n) is 1.06. The Morgan fingerprint density at radius 2 is 1.00 bits per heavy atom. The second-order valence-corrected chi connectivity index (χ2v) is 2.42. The molecule has 0 nitrogen and oxygen atoms in total. The van der Waals surface area contributed by atoms with Crippen LogP contribution in [0, 0.1) is 0 Å². The van der Waals surface area contributed by atoms with Crippen molar-refractivity contribution in [1.29, 1.82) is 0 Å². The SMILES string of the molecule is C1CCCCC1.FCCl. The van der Waals surface area contributed by atoms with Gasteiger partial charge in [0.2, 0.25) is 0 Å². The molecule has 0 aromatic heterocycles. The smallest absolute Gasteiger partial charge is 0.163 e. The molecular formula is C7H14ClF. The van der Waals surface area contributed by atoms with Crippen LogP contribution in [0.15, 0.2) is 0 Å². The first kappa shape index (κ1) is 9.22. The average Bonchev–Trinajstić information content (AvgIpc) is 1.93. The van der Waals surface area contributed by atoms with Crippen LogP contribution < -0.4 is 0 Å². The molecule has 0 N–H and O–H groups in total. The Morgan fingerprint density at radius 1 is 0.889 bits per heavy atom. The van der Waals surface area contributed by atoms with Crippen LogP contribution in [0.3, 0.4) is 0 Å². The monoisotopic (exact) mass is 152 g/mol. The highest BCUT2D eigenvalue weighted by Gasteiger charge is 1.95. The summed E-state index contributed by atoms with van der Waals surface area (Å²) in [6, 6.07) is 0. The molecule has 9 heavy (non-hydrogen) atoms. The average molecular weight is 153 g/mol. The quantitative estimate of drug-likeness (QED) is 0.466. The van der Waals surface area contributed by atoms with Crippen LogP contribution in [-0.2, 0) is 0 Å². The highest BCUT2D eigenvalue weighted by Crippen LogP contribution is 2.15. The lowest BCUT2D eigenvalue weighted by Crippen LogP contribution is -1.85. The van der Waals surface area contributed by atoms with Crippen molar-refractivity contribution in [3.8, 4) is 0 Å². The third kappa shape index (κ3) is 8.22. The standard InChI is InChI=1S/C6H12.CH2ClF/c1-2-4-6-5-3-1;2-1-3/h1-6H2;1H2. The van der Waals surface area contributed by atoms with Gasteiger partial charge in [0.05, 0.1) is 0 Å². The Morgan fingerprint density at radius 3 is 1.11 bits per heavy atom. The van der Waals surface area contributed by atoms with Crippen LogP contribution in [0.1, 0.15) is 38.5 Å². The number of hydrogen-bond donors (Lipinski definition) is 0. The number of halogens is 2. The van der Waals surface area contributed by atoms with Crippen LogP contribution in [-0.4, -0.2) is 6.13 Å². The molecule has 0 atom stereocenters. The lowest BCUT2D eigenvalue weighted by Gasteiger charge is -2.05. The summed E-state index contributed by atoms with van der Waals surface area (Å²) >= 11 is 4.33. The first-order chi connectivity index (χ1) is 4.41. The molecular weight excluding hydrogens is 139 g/mol. The summed E-state index contributed by atoms with van der Waals surface area (Å²) in [4.78, 5) is 0. The Kier molecular flexibility index (Phi) is 8.42. The molecule has 0 bridgehead atoms. The van der Waals surface area contributed by atoms with E-state index in [2.05, 4.69) is 11.6 Å². The molecule has 0 radical (unpaired) electrons. The van der Waals surface area contributed by atoms with Crippen LogP contribution >= 0.6 is 11.6 Å². The van der Waals surface area contributed by atoms with E-state index in [1.54, 1.807) is 0 Å². The molecule has 1 rings (SSSR count). The molecule has 1 aliphatic carbocycles. The van der Waals surface area contributed by atoms with E-state index < -0.39 is 6.13 Å². The van der Waals surface area contributed by atoms with E-state index in [9.17, 15) is 4.39 Å². The van der Waals surface area contributed by atoms with E-state index in [-0.39, 0.29) is 0 Å². The van der Waals surface area contributed by atoms with Gasteiger partial charge in [-0.2, -0.15) is 0 Å². The van der Waals surface area contributed by atoms with Crippen LogP contribution in [0.5, 0.6) is 0 Å². The Hall–Kier alpha value is 0.220. The first-order valence-corrected chi connectivity index (χ1v) is 4.07. The Labute approximate surface area is 61.4 Å². The van der Waals surface area contributed by atoms with E-state index in [4.69, 9.17) is 0 Å². The fraction of sp³-hybridized carbons (Fsp3) is 1.00. The van der Waals surface area contributed by atoms with Gasteiger partial charge in [0.1, 0.15) is 0 Å². The summed E-state index contributed by atoms with van der Waals surface area (Å²) in [5, 5.41) is 0. The van der Waals surface area contributed by atoms with Crippen molar-refractivity contribution in [2.45, 2.75) is 38.5 Å². The van der Waals surface area contributed by atoms with E-state index >= 15 is 0 Å². The highest BCUT2D eigenvalue weighted by atomic mass is 35.5. The maximum Gasteiger partial charge on any atom is 0.163 e. The lowest BCUT2D eigenvalue weighted by atomic mass is 10.0. The molecule has 0 amide bonds. The van der Waals surface area contributed by atoms with Crippen LogP contribution in [0.4, 0.5) is 4.39 Å². The normalized spacial score (nSPS) is 18.0. The summed E-state index contributed by atoms with van der Waals surface area (Å²) in [6.45, 7) is 0. The van der Waals surface area contributed by atoms with E-state index in [0.29, 0.717) is 0 Å². The molecule has 2 heteroatoms. The minimum Gasteiger partial charge on any atom is -0.234 e. The van der Waals surface area contributed by atoms with Crippen molar-refractivity contribution in [2.24, 2.45) is 0 Å². The van der Waals surface area contributed by atoms with E-state index in [1.807, 2.05) is 0 Å². The zero-order valence-corrected chi connectivity index (χ0v) is 6.46. The van der Waals surface area contributed by atoms with Gasteiger partial charge in [-0.05, 0) is 0 Å². The molecule has 0 aromatic rings. The first-order valence-electron chi connectivity index (χ1n) is 3.53. The second kappa shape index (κ2) is 8.22. The molecule has 0 saturated heterocycles. The van der Waals surface area contributed by atoms with Crippen LogP contribution in [0.25, 0.3) is 0 Å². The molecule has 56 valence electrons. The lowest BCUT2D eigenvalue weighted by molar-refractivity contribution is 0.504. The third-order valence-corrected chi connectivity index (χ3v) is 1.50. The zero-order chi connectivity index (χ0) is 6.95. The summed E-state index contributed by atoms with van der Waals surface area (Å²) in [5.74, 6) is 0.